The molecule has 2 aromatic carbocycles. The van der Waals surface area contributed by atoms with Gasteiger partial charge in [0.2, 0.25) is 0 Å². The topological polar surface area (TPSA) is 125 Å². The van der Waals surface area contributed by atoms with Gasteiger partial charge in [0.1, 0.15) is 23.7 Å². The summed E-state index contributed by atoms with van der Waals surface area (Å²) < 4.78 is 2.11. The van der Waals surface area contributed by atoms with Crippen LogP contribution in [-0.4, -0.2) is 90.0 Å². The lowest BCUT2D eigenvalue weighted by molar-refractivity contribution is 0.0680. The van der Waals surface area contributed by atoms with Crippen LogP contribution in [0.2, 0.25) is 0 Å². The number of H-pyrrole nitrogens is 1. The molecular weight excluding hydrogens is 526 g/mol. The zero-order valence-electron chi connectivity index (χ0n) is 24.0. The van der Waals surface area contributed by atoms with Crippen LogP contribution in [-0.2, 0) is 6.42 Å². The normalized spacial score (nSPS) is 20.5. The summed E-state index contributed by atoms with van der Waals surface area (Å²) >= 11 is 0. The summed E-state index contributed by atoms with van der Waals surface area (Å²) in [5.41, 5.74) is 12.2. The molecule has 0 spiro atoms. The number of anilines is 1. The maximum atomic E-state index is 9.14. The molecular formula is C32H39N9O. The van der Waals surface area contributed by atoms with Crippen molar-refractivity contribution in [3.63, 3.8) is 0 Å². The number of nitrogens with one attached hydrogen (secondary N) is 1. The van der Waals surface area contributed by atoms with Gasteiger partial charge in [-0.2, -0.15) is 5.10 Å². The summed E-state index contributed by atoms with van der Waals surface area (Å²) in [5, 5.41) is 15.1. The van der Waals surface area contributed by atoms with Crippen LogP contribution >= 0.6 is 0 Å². The Labute approximate surface area is 245 Å². The van der Waals surface area contributed by atoms with Crippen molar-refractivity contribution in [2.45, 2.75) is 50.6 Å². The second kappa shape index (κ2) is 11.8. The third-order valence-electron chi connectivity index (χ3n) is 9.10. The molecule has 0 unspecified atom stereocenters. The first-order valence-electron chi connectivity index (χ1n) is 15.2. The van der Waals surface area contributed by atoms with Gasteiger partial charge < -0.3 is 20.7 Å². The zero-order valence-corrected chi connectivity index (χ0v) is 24.0. The van der Waals surface area contributed by atoms with Crippen LogP contribution in [0.3, 0.4) is 0 Å². The molecule has 218 valence electrons. The van der Waals surface area contributed by atoms with Crippen LogP contribution < -0.4 is 5.73 Å². The average Bonchev–Trinajstić information content (AvgIpc) is 3.62. The third-order valence-corrected chi connectivity index (χ3v) is 9.10. The molecule has 2 fully saturated rings. The van der Waals surface area contributed by atoms with Gasteiger partial charge >= 0.3 is 0 Å². The van der Waals surface area contributed by atoms with Crippen molar-refractivity contribution in [2.75, 3.05) is 45.1 Å². The molecule has 1 saturated carbocycles. The van der Waals surface area contributed by atoms with Crippen LogP contribution in [0.1, 0.15) is 49.5 Å². The number of benzene rings is 2. The van der Waals surface area contributed by atoms with E-state index in [0.29, 0.717) is 11.9 Å². The van der Waals surface area contributed by atoms with Gasteiger partial charge in [0.05, 0.1) is 22.5 Å². The Kier molecular flexibility index (Phi) is 7.58. The Morgan fingerprint density at radius 3 is 2.50 bits per heavy atom. The number of piperazine rings is 1. The van der Waals surface area contributed by atoms with Crippen molar-refractivity contribution in [2.24, 2.45) is 0 Å². The van der Waals surface area contributed by atoms with Crippen LogP contribution in [0.15, 0.2) is 54.9 Å². The summed E-state index contributed by atoms with van der Waals surface area (Å²) in [7, 11) is 0. The predicted octanol–water partition coefficient (Wildman–Crippen LogP) is 4.03. The lowest BCUT2D eigenvalue weighted by atomic mass is 9.90. The van der Waals surface area contributed by atoms with Gasteiger partial charge in [0.15, 0.2) is 5.65 Å². The second-order valence-electron chi connectivity index (χ2n) is 11.7. The summed E-state index contributed by atoms with van der Waals surface area (Å²) in [6, 6.07) is 17.5. The molecule has 7 rings (SSSR count). The number of fused-ring (bicyclic) bond motifs is 2. The highest BCUT2D eigenvalue weighted by Crippen LogP contribution is 2.37. The number of imidazole rings is 1. The molecule has 3 aromatic heterocycles. The van der Waals surface area contributed by atoms with E-state index >= 15 is 0 Å². The van der Waals surface area contributed by atoms with Gasteiger partial charge in [-0.25, -0.2) is 19.6 Å². The predicted molar refractivity (Wildman–Crippen MR) is 165 cm³/mol. The highest BCUT2D eigenvalue weighted by Gasteiger charge is 2.31. The average molecular weight is 566 g/mol. The molecule has 1 aliphatic carbocycles. The molecule has 5 aromatic rings. The Morgan fingerprint density at radius 2 is 1.71 bits per heavy atom. The van der Waals surface area contributed by atoms with Gasteiger partial charge in [0.25, 0.3) is 0 Å². The molecule has 42 heavy (non-hydrogen) atoms. The molecule has 0 amide bonds. The Bertz CT molecular complexity index is 1650. The summed E-state index contributed by atoms with van der Waals surface area (Å²) in [6.45, 7) is 5.69. The van der Waals surface area contributed by atoms with E-state index in [4.69, 9.17) is 20.9 Å². The number of rotatable bonds is 8. The second-order valence-corrected chi connectivity index (χ2v) is 11.7. The minimum absolute atomic E-state index is 0.276. The number of aliphatic hydroxyl groups is 1. The number of aromatic nitrogens is 6. The number of hydrogen-bond acceptors (Lipinski definition) is 8. The molecule has 4 N–H and O–H groups in total. The summed E-state index contributed by atoms with van der Waals surface area (Å²) in [6.07, 6.45) is 7.62. The van der Waals surface area contributed by atoms with E-state index < -0.39 is 0 Å². The third kappa shape index (κ3) is 5.37. The van der Waals surface area contributed by atoms with Crippen LogP contribution in [0.5, 0.6) is 0 Å². The standard InChI is InChI=1S/C32H39N9O/c33-31-29-30(23-7-12-26-27(20-23)37-28(36-26)19-22-5-2-1-3-6-22)38-41(32(29)35-21-34-31)25-10-8-24(9-11-25)40-16-14-39(15-17-40)13-4-18-42/h1-3,5-7,12,20-21,24-25,42H,4,8-11,13-19H2,(H,36,37)(H2,33,34,35). The maximum absolute atomic E-state index is 9.14. The highest BCUT2D eigenvalue weighted by molar-refractivity contribution is 5.99. The van der Waals surface area contributed by atoms with E-state index in [1.54, 1.807) is 6.33 Å². The zero-order chi connectivity index (χ0) is 28.5. The van der Waals surface area contributed by atoms with Gasteiger partial charge in [-0.05, 0) is 49.8 Å². The first-order chi connectivity index (χ1) is 20.7. The van der Waals surface area contributed by atoms with Gasteiger partial charge in [-0.15, -0.1) is 0 Å². The van der Waals surface area contributed by atoms with Crippen molar-refractivity contribution >= 4 is 27.9 Å². The summed E-state index contributed by atoms with van der Waals surface area (Å²) in [4.78, 5) is 22.5. The van der Waals surface area contributed by atoms with Crippen LogP contribution in [0, 0.1) is 0 Å². The van der Waals surface area contributed by atoms with E-state index in [1.807, 2.05) is 6.07 Å². The van der Waals surface area contributed by atoms with Crippen molar-refractivity contribution < 1.29 is 5.11 Å². The van der Waals surface area contributed by atoms with E-state index in [0.717, 1.165) is 110 Å². The smallest absolute Gasteiger partial charge is 0.164 e. The first-order valence-corrected chi connectivity index (χ1v) is 15.2. The van der Waals surface area contributed by atoms with Crippen LogP contribution in [0.4, 0.5) is 5.82 Å². The maximum Gasteiger partial charge on any atom is 0.164 e. The molecule has 10 heteroatoms. The van der Waals surface area contributed by atoms with Crippen LogP contribution in [0.25, 0.3) is 33.3 Å². The molecule has 0 radical (unpaired) electrons. The van der Waals surface area contributed by atoms with Crippen molar-refractivity contribution in [3.8, 4) is 11.3 Å². The number of aromatic amines is 1. The fraction of sp³-hybridized carbons (Fsp3) is 0.438. The SMILES string of the molecule is Nc1ncnc2c1c(-c1ccc3nc(Cc4ccccc4)[nH]c3c1)nn2C1CCC(N2CCN(CCCO)CC2)CC1. The molecule has 0 atom stereocenters. The van der Waals surface area contributed by atoms with Gasteiger partial charge in [-0.1, -0.05) is 36.4 Å². The van der Waals surface area contributed by atoms with E-state index in [9.17, 15) is 0 Å². The highest BCUT2D eigenvalue weighted by atomic mass is 16.3. The van der Waals surface area contributed by atoms with Gasteiger partial charge in [-0.3, -0.25) is 4.90 Å². The Hall–Kier alpha value is -3.86. The lowest BCUT2D eigenvalue weighted by Gasteiger charge is -2.42. The first kappa shape index (κ1) is 27.0. The van der Waals surface area contributed by atoms with Crippen molar-refractivity contribution in [3.05, 3.63) is 66.2 Å². The quantitative estimate of drug-likeness (QED) is 0.258. The fourth-order valence-electron chi connectivity index (χ4n) is 6.85. The minimum atomic E-state index is 0.276. The number of aliphatic hydroxyl groups excluding tert-OH is 1. The van der Waals surface area contributed by atoms with E-state index in [1.165, 1.54) is 5.56 Å². The fourth-order valence-corrected chi connectivity index (χ4v) is 6.85. The minimum Gasteiger partial charge on any atom is -0.396 e. The molecule has 2 aliphatic rings. The Morgan fingerprint density at radius 1 is 0.929 bits per heavy atom. The molecule has 10 nitrogen and oxygen atoms in total. The number of nitrogens with zero attached hydrogens (tertiary/aromatic N) is 7. The monoisotopic (exact) mass is 565 g/mol. The molecule has 1 saturated heterocycles. The molecule has 0 bridgehead atoms. The molecule has 4 heterocycles. The Balaban J connectivity index is 1.10. The number of nitrogen functional groups attached to an aromatic ring is 1. The molecule has 1 aliphatic heterocycles. The number of nitrogens with two attached hydrogens (primary N) is 1. The van der Waals surface area contributed by atoms with Gasteiger partial charge in [0, 0.05) is 57.4 Å². The van der Waals surface area contributed by atoms with E-state index in [2.05, 4.69) is 71.9 Å². The lowest BCUT2D eigenvalue weighted by Crippen LogP contribution is -2.51. The van der Waals surface area contributed by atoms with Crippen molar-refractivity contribution in [1.82, 2.24) is 39.5 Å². The number of hydrogen-bond donors (Lipinski definition) is 3. The van der Waals surface area contributed by atoms with Crippen molar-refractivity contribution in [1.29, 1.82) is 0 Å². The van der Waals surface area contributed by atoms with E-state index in [-0.39, 0.29) is 12.6 Å². The summed E-state index contributed by atoms with van der Waals surface area (Å²) in [5.74, 6) is 1.40. The largest absolute Gasteiger partial charge is 0.396 e.